The van der Waals surface area contributed by atoms with Crippen LogP contribution in [0.2, 0.25) is 0 Å². The number of thioether (sulfide) groups is 1. The number of nitrogens with one attached hydrogen (secondary N) is 1. The van der Waals surface area contributed by atoms with E-state index in [2.05, 4.69) is 32.3 Å². The Morgan fingerprint density at radius 2 is 2.50 bits per heavy atom. The van der Waals surface area contributed by atoms with E-state index in [4.69, 9.17) is 10.00 Å². The van der Waals surface area contributed by atoms with Gasteiger partial charge in [0, 0.05) is 16.5 Å². The average molecular weight is 326 g/mol. The van der Waals surface area contributed by atoms with Crippen molar-refractivity contribution in [2.75, 3.05) is 12.9 Å². The maximum atomic E-state index is 8.58. The van der Waals surface area contributed by atoms with Crippen molar-refractivity contribution in [3.05, 3.63) is 27.7 Å². The van der Waals surface area contributed by atoms with Crippen LogP contribution in [0.5, 0.6) is 5.75 Å². The predicted octanol–water partition coefficient (Wildman–Crippen LogP) is 2.67. The molecule has 6 heteroatoms. The van der Waals surface area contributed by atoms with Crippen molar-refractivity contribution in [3.8, 4) is 11.9 Å². The van der Waals surface area contributed by atoms with Crippen LogP contribution in [-0.2, 0) is 13.0 Å². The highest BCUT2D eigenvalue weighted by Crippen LogP contribution is 2.33. The van der Waals surface area contributed by atoms with E-state index >= 15 is 0 Å². The molecule has 18 heavy (non-hydrogen) atoms. The molecule has 0 aliphatic carbocycles. The van der Waals surface area contributed by atoms with Crippen molar-refractivity contribution in [2.45, 2.75) is 13.0 Å². The second-order valence-corrected chi connectivity index (χ2v) is 5.42. The molecule has 1 heterocycles. The number of ether oxygens (including phenoxy) is 1. The summed E-state index contributed by atoms with van der Waals surface area (Å²) in [6.07, 6.45) is 4.70. The molecule has 1 aliphatic rings. The summed E-state index contributed by atoms with van der Waals surface area (Å²) in [4.78, 5) is 4.37. The molecule has 0 saturated heterocycles. The van der Waals surface area contributed by atoms with Gasteiger partial charge >= 0.3 is 0 Å². The molecular formula is C12H12BrN3OS. The zero-order valence-corrected chi connectivity index (χ0v) is 12.3. The number of hydrogen-bond acceptors (Lipinski definition) is 4. The second-order valence-electron chi connectivity index (χ2n) is 3.71. The Labute approximate surface area is 119 Å². The first kappa shape index (κ1) is 13.2. The number of nitrogens with zero attached hydrogens (tertiary/aromatic N) is 2. The van der Waals surface area contributed by atoms with E-state index < -0.39 is 0 Å². The quantitative estimate of drug-likeness (QED) is 0.393. The molecule has 1 aliphatic heterocycles. The third-order valence-corrected chi connectivity index (χ3v) is 3.65. The molecule has 0 saturated carbocycles. The lowest BCUT2D eigenvalue weighted by Crippen LogP contribution is -2.13. The summed E-state index contributed by atoms with van der Waals surface area (Å²) in [5.74, 6) is 0.944. The molecule has 4 nitrogen and oxygen atoms in total. The Hall–Kier alpha value is -1.19. The number of halogens is 1. The maximum absolute atomic E-state index is 8.58. The van der Waals surface area contributed by atoms with Crippen molar-refractivity contribution < 1.29 is 4.74 Å². The van der Waals surface area contributed by atoms with Gasteiger partial charge in [-0.3, -0.25) is 10.3 Å². The summed E-state index contributed by atoms with van der Waals surface area (Å²) < 4.78 is 6.67. The summed E-state index contributed by atoms with van der Waals surface area (Å²) in [7, 11) is 0. The summed E-state index contributed by atoms with van der Waals surface area (Å²) in [5.41, 5.74) is 2.26. The third-order valence-electron chi connectivity index (χ3n) is 2.57. The van der Waals surface area contributed by atoms with E-state index in [0.717, 1.165) is 28.8 Å². The molecule has 1 aromatic carbocycles. The Morgan fingerprint density at radius 3 is 3.22 bits per heavy atom. The van der Waals surface area contributed by atoms with Crippen LogP contribution >= 0.6 is 27.7 Å². The van der Waals surface area contributed by atoms with E-state index in [9.17, 15) is 0 Å². The van der Waals surface area contributed by atoms with Crippen LogP contribution < -0.4 is 10.1 Å². The lowest BCUT2D eigenvalue weighted by molar-refractivity contribution is 0.353. The van der Waals surface area contributed by atoms with Gasteiger partial charge in [-0.15, -0.1) is 0 Å². The second kappa shape index (κ2) is 6.12. The molecule has 0 bridgehead atoms. The topological polar surface area (TPSA) is 57.4 Å². The summed E-state index contributed by atoms with van der Waals surface area (Å²) in [6, 6.07) is 4.09. The van der Waals surface area contributed by atoms with Crippen LogP contribution in [0.25, 0.3) is 0 Å². The fourth-order valence-electron chi connectivity index (χ4n) is 1.82. The standard InChI is InChI=1S/C12H12BrN3OS/c1-18-12(16-7-14)15-6-9-5-10(13)4-8-2-3-17-11(8)9/h4-5H,2-3,6H2,1H3,(H,15,16). The molecule has 0 aromatic heterocycles. The monoisotopic (exact) mass is 325 g/mol. The van der Waals surface area contributed by atoms with Gasteiger partial charge in [-0.25, -0.2) is 0 Å². The molecule has 2 rings (SSSR count). The van der Waals surface area contributed by atoms with Crippen molar-refractivity contribution >= 4 is 32.9 Å². The fraction of sp³-hybridized carbons (Fsp3) is 0.333. The predicted molar refractivity (Wildman–Crippen MR) is 76.7 cm³/mol. The SMILES string of the molecule is CSC(=NCc1cc(Br)cc2c1OCC2)NC#N. The molecular weight excluding hydrogens is 314 g/mol. The lowest BCUT2D eigenvalue weighted by Gasteiger charge is -2.07. The molecule has 1 N–H and O–H groups in total. The van der Waals surface area contributed by atoms with Gasteiger partial charge in [-0.1, -0.05) is 27.7 Å². The Morgan fingerprint density at radius 1 is 1.67 bits per heavy atom. The molecule has 94 valence electrons. The van der Waals surface area contributed by atoms with E-state index in [0.29, 0.717) is 11.7 Å². The van der Waals surface area contributed by atoms with Gasteiger partial charge in [-0.2, -0.15) is 5.26 Å². The highest BCUT2D eigenvalue weighted by molar-refractivity contribution is 9.10. The first-order valence-corrected chi connectivity index (χ1v) is 7.44. The molecule has 0 spiro atoms. The molecule has 0 unspecified atom stereocenters. The van der Waals surface area contributed by atoms with Gasteiger partial charge < -0.3 is 4.74 Å². The van der Waals surface area contributed by atoms with Crippen molar-refractivity contribution in [1.29, 1.82) is 5.26 Å². The van der Waals surface area contributed by atoms with Crippen LogP contribution in [0, 0.1) is 11.5 Å². The van der Waals surface area contributed by atoms with Crippen LogP contribution in [-0.4, -0.2) is 18.0 Å². The minimum absolute atomic E-state index is 0.507. The third kappa shape index (κ3) is 2.98. The normalized spacial score (nSPS) is 13.7. The summed E-state index contributed by atoms with van der Waals surface area (Å²) in [6.45, 7) is 1.24. The Kier molecular flexibility index (Phi) is 4.50. The number of benzene rings is 1. The van der Waals surface area contributed by atoms with Crippen LogP contribution in [0.1, 0.15) is 11.1 Å². The lowest BCUT2D eigenvalue weighted by atomic mass is 10.1. The molecule has 0 amide bonds. The summed E-state index contributed by atoms with van der Waals surface area (Å²) in [5, 5.41) is 11.7. The van der Waals surface area contributed by atoms with E-state index in [1.807, 2.05) is 18.5 Å². The largest absolute Gasteiger partial charge is 0.493 e. The Bertz CT molecular complexity index is 525. The van der Waals surface area contributed by atoms with E-state index in [1.54, 1.807) is 0 Å². The minimum Gasteiger partial charge on any atom is -0.493 e. The van der Waals surface area contributed by atoms with Gasteiger partial charge in [0.1, 0.15) is 5.75 Å². The van der Waals surface area contributed by atoms with E-state index in [1.165, 1.54) is 17.3 Å². The van der Waals surface area contributed by atoms with Crippen LogP contribution in [0.4, 0.5) is 0 Å². The maximum Gasteiger partial charge on any atom is 0.183 e. The number of fused-ring (bicyclic) bond motifs is 1. The van der Waals surface area contributed by atoms with Crippen molar-refractivity contribution in [3.63, 3.8) is 0 Å². The van der Waals surface area contributed by atoms with Gasteiger partial charge in [0.2, 0.25) is 0 Å². The molecule has 0 atom stereocenters. The van der Waals surface area contributed by atoms with Crippen LogP contribution in [0.3, 0.4) is 0 Å². The first-order valence-electron chi connectivity index (χ1n) is 5.42. The van der Waals surface area contributed by atoms with Gasteiger partial charge in [0.25, 0.3) is 0 Å². The zero-order chi connectivity index (χ0) is 13.0. The molecule has 1 aromatic rings. The first-order chi connectivity index (χ1) is 8.74. The molecule has 0 radical (unpaired) electrons. The number of aliphatic imine (C=N–C) groups is 1. The van der Waals surface area contributed by atoms with E-state index in [-0.39, 0.29) is 0 Å². The number of nitriles is 1. The zero-order valence-electron chi connectivity index (χ0n) is 9.86. The Balaban J connectivity index is 2.22. The highest BCUT2D eigenvalue weighted by atomic mass is 79.9. The number of hydrogen-bond donors (Lipinski definition) is 1. The minimum atomic E-state index is 0.507. The van der Waals surface area contributed by atoms with Crippen LogP contribution in [0.15, 0.2) is 21.6 Å². The van der Waals surface area contributed by atoms with Gasteiger partial charge in [0.15, 0.2) is 11.4 Å². The van der Waals surface area contributed by atoms with Crippen molar-refractivity contribution in [2.24, 2.45) is 4.99 Å². The number of rotatable bonds is 2. The highest BCUT2D eigenvalue weighted by Gasteiger charge is 2.17. The smallest absolute Gasteiger partial charge is 0.183 e. The van der Waals surface area contributed by atoms with Gasteiger partial charge in [0.05, 0.1) is 13.2 Å². The summed E-state index contributed by atoms with van der Waals surface area (Å²) >= 11 is 4.91. The fourth-order valence-corrected chi connectivity index (χ4v) is 2.72. The number of amidine groups is 1. The average Bonchev–Trinajstić information content (AvgIpc) is 2.82. The van der Waals surface area contributed by atoms with Gasteiger partial charge in [-0.05, 0) is 24.0 Å². The molecule has 0 fully saturated rings. The van der Waals surface area contributed by atoms with Crippen molar-refractivity contribution in [1.82, 2.24) is 5.32 Å².